The Morgan fingerprint density at radius 3 is 2.33 bits per heavy atom. The smallest absolute Gasteiger partial charge is 0.296 e. The van der Waals surface area contributed by atoms with Crippen molar-refractivity contribution in [3.63, 3.8) is 0 Å². The van der Waals surface area contributed by atoms with Crippen molar-refractivity contribution >= 4 is 32.8 Å². The molecule has 204 valence electrons. The molecular weight excluding hydrogens is 544 g/mol. The Balaban J connectivity index is 1.19. The maximum absolute atomic E-state index is 12.6. The number of rotatable bonds is 7. The number of halogens is 1. The SMILES string of the molecule is O=S(=O)(c1ccc(-c2ccc(-c3nc4nc(OC5COC(CO)C(O)C5)[nH]c4cc3Cl)cc2)cc1)N1CCC1. The number of aromatic nitrogens is 3. The Morgan fingerprint density at radius 2 is 1.72 bits per heavy atom. The predicted molar refractivity (Wildman–Crippen MR) is 145 cm³/mol. The number of aliphatic hydroxyl groups is 2. The molecule has 2 aliphatic heterocycles. The minimum Gasteiger partial charge on any atom is -0.459 e. The molecule has 0 spiro atoms. The lowest BCUT2D eigenvalue weighted by molar-refractivity contribution is -0.131. The van der Waals surface area contributed by atoms with Gasteiger partial charge in [-0.15, -0.1) is 0 Å². The first-order valence-corrected chi connectivity index (χ1v) is 14.5. The van der Waals surface area contributed by atoms with E-state index in [2.05, 4.69) is 15.0 Å². The van der Waals surface area contributed by atoms with Gasteiger partial charge < -0.3 is 24.7 Å². The quantitative estimate of drug-likeness (QED) is 0.308. The molecule has 2 aromatic carbocycles. The van der Waals surface area contributed by atoms with Crippen LogP contribution in [0.15, 0.2) is 59.5 Å². The molecule has 12 heteroatoms. The van der Waals surface area contributed by atoms with Gasteiger partial charge in [0.1, 0.15) is 12.2 Å². The van der Waals surface area contributed by atoms with Crippen molar-refractivity contribution in [2.24, 2.45) is 0 Å². The van der Waals surface area contributed by atoms with Crippen LogP contribution in [0.5, 0.6) is 6.01 Å². The Labute approximate surface area is 230 Å². The van der Waals surface area contributed by atoms with Gasteiger partial charge in [-0.1, -0.05) is 48.0 Å². The van der Waals surface area contributed by atoms with Crippen molar-refractivity contribution in [1.29, 1.82) is 0 Å². The zero-order chi connectivity index (χ0) is 27.1. The Hall–Kier alpha value is -3.06. The van der Waals surface area contributed by atoms with Crippen molar-refractivity contribution in [2.75, 3.05) is 26.3 Å². The van der Waals surface area contributed by atoms with Crippen LogP contribution in [0, 0.1) is 0 Å². The second kappa shape index (κ2) is 10.5. The Kier molecular flexibility index (Phi) is 7.04. The van der Waals surface area contributed by atoms with Crippen molar-refractivity contribution in [1.82, 2.24) is 19.3 Å². The van der Waals surface area contributed by atoms with Crippen LogP contribution in [0.2, 0.25) is 5.02 Å². The van der Waals surface area contributed by atoms with Gasteiger partial charge in [-0.25, -0.2) is 13.4 Å². The first-order valence-electron chi connectivity index (χ1n) is 12.7. The molecule has 0 bridgehead atoms. The molecule has 3 N–H and O–H groups in total. The van der Waals surface area contributed by atoms with Gasteiger partial charge in [0.05, 0.1) is 40.4 Å². The highest BCUT2D eigenvalue weighted by atomic mass is 35.5. The summed E-state index contributed by atoms with van der Waals surface area (Å²) in [4.78, 5) is 12.4. The summed E-state index contributed by atoms with van der Waals surface area (Å²) in [5.41, 5.74) is 4.22. The number of H-pyrrole nitrogens is 1. The standard InChI is InChI=1S/C27H27ClN4O6S/c28-21-13-22-26(31-27(29-22)38-19-12-23(34)24(14-33)37-15-19)30-25(21)18-4-2-16(3-5-18)17-6-8-20(9-7-17)39(35,36)32-10-1-11-32/h2-9,13,19,23-24,33-34H,1,10-12,14-15H2,(H,29,30,31). The van der Waals surface area contributed by atoms with E-state index in [0.717, 1.165) is 23.1 Å². The van der Waals surface area contributed by atoms with Crippen LogP contribution < -0.4 is 4.74 Å². The molecule has 3 atom stereocenters. The molecule has 6 rings (SSSR count). The third kappa shape index (κ3) is 5.13. The Morgan fingerprint density at radius 1 is 1.05 bits per heavy atom. The van der Waals surface area contributed by atoms with Gasteiger partial charge >= 0.3 is 0 Å². The van der Waals surface area contributed by atoms with Gasteiger partial charge in [0.15, 0.2) is 5.65 Å². The number of nitrogens with zero attached hydrogens (tertiary/aromatic N) is 3. The number of hydrogen-bond donors (Lipinski definition) is 3. The number of nitrogens with one attached hydrogen (secondary N) is 1. The summed E-state index contributed by atoms with van der Waals surface area (Å²) in [6.45, 7) is 1.13. The molecule has 3 unspecified atom stereocenters. The van der Waals surface area contributed by atoms with Gasteiger partial charge in [0.25, 0.3) is 6.01 Å². The van der Waals surface area contributed by atoms with Gasteiger partial charge in [-0.05, 0) is 35.7 Å². The average molecular weight is 571 g/mol. The predicted octanol–water partition coefficient (Wildman–Crippen LogP) is 3.23. The van der Waals surface area contributed by atoms with Crippen LogP contribution in [0.1, 0.15) is 12.8 Å². The van der Waals surface area contributed by atoms with E-state index in [9.17, 15) is 18.6 Å². The third-order valence-corrected chi connectivity index (χ3v) is 9.29. The molecule has 39 heavy (non-hydrogen) atoms. The average Bonchev–Trinajstić information content (AvgIpc) is 3.28. The second-order valence-corrected chi connectivity index (χ2v) is 12.0. The maximum atomic E-state index is 12.6. The van der Waals surface area contributed by atoms with E-state index in [1.54, 1.807) is 18.2 Å². The summed E-state index contributed by atoms with van der Waals surface area (Å²) < 4.78 is 38.0. The van der Waals surface area contributed by atoms with Crippen LogP contribution in [0.25, 0.3) is 33.5 Å². The number of sulfonamides is 1. The number of benzene rings is 2. The zero-order valence-electron chi connectivity index (χ0n) is 20.8. The minimum absolute atomic E-state index is 0.224. The highest BCUT2D eigenvalue weighted by Gasteiger charge is 2.31. The van der Waals surface area contributed by atoms with Gasteiger partial charge in [0, 0.05) is 25.1 Å². The van der Waals surface area contributed by atoms with Crippen molar-refractivity contribution in [2.45, 2.75) is 36.0 Å². The van der Waals surface area contributed by atoms with E-state index < -0.39 is 28.3 Å². The van der Waals surface area contributed by atoms with E-state index in [0.29, 0.717) is 46.3 Å². The summed E-state index contributed by atoms with van der Waals surface area (Å²) in [7, 11) is -3.41. The first kappa shape index (κ1) is 26.2. The van der Waals surface area contributed by atoms with Crippen LogP contribution in [-0.2, 0) is 14.8 Å². The normalized spacial score (nSPS) is 22.1. The summed E-state index contributed by atoms with van der Waals surface area (Å²) in [5, 5.41) is 19.7. The van der Waals surface area contributed by atoms with Crippen LogP contribution in [-0.4, -0.2) is 82.5 Å². The van der Waals surface area contributed by atoms with Gasteiger partial charge in [-0.2, -0.15) is 9.29 Å². The Bertz CT molecular complexity index is 1590. The van der Waals surface area contributed by atoms with Gasteiger partial charge in [0.2, 0.25) is 10.0 Å². The molecule has 4 heterocycles. The molecule has 0 aliphatic carbocycles. The lowest BCUT2D eigenvalue weighted by Gasteiger charge is -2.31. The molecular formula is C27H27ClN4O6S. The summed E-state index contributed by atoms with van der Waals surface area (Å²) in [6, 6.07) is 16.6. The molecule has 2 fully saturated rings. The first-order chi connectivity index (χ1) is 18.8. The lowest BCUT2D eigenvalue weighted by atomic mass is 10.0. The number of hydrogen-bond acceptors (Lipinski definition) is 8. The fraction of sp³-hybridized carbons (Fsp3) is 0.333. The summed E-state index contributed by atoms with van der Waals surface area (Å²) >= 11 is 6.56. The second-order valence-electron chi connectivity index (χ2n) is 9.69. The van der Waals surface area contributed by atoms with Gasteiger partial charge in [-0.3, -0.25) is 0 Å². The lowest BCUT2D eigenvalue weighted by Crippen LogP contribution is -2.45. The van der Waals surface area contributed by atoms with Crippen molar-refractivity contribution in [3.05, 3.63) is 59.6 Å². The largest absolute Gasteiger partial charge is 0.459 e. The summed E-state index contributed by atoms with van der Waals surface area (Å²) in [5.74, 6) is 0. The number of ether oxygens (including phenoxy) is 2. The van der Waals surface area contributed by atoms with E-state index in [-0.39, 0.29) is 19.2 Å². The zero-order valence-corrected chi connectivity index (χ0v) is 22.4. The van der Waals surface area contributed by atoms with Crippen LogP contribution in [0.3, 0.4) is 0 Å². The topological polar surface area (TPSA) is 138 Å². The number of aromatic amines is 1. The minimum atomic E-state index is -3.41. The molecule has 0 amide bonds. The van der Waals surface area contributed by atoms with E-state index in [1.807, 2.05) is 36.4 Å². The maximum Gasteiger partial charge on any atom is 0.296 e. The summed E-state index contributed by atoms with van der Waals surface area (Å²) in [6.07, 6.45) is -0.642. The molecule has 2 saturated heterocycles. The highest BCUT2D eigenvalue weighted by molar-refractivity contribution is 7.89. The van der Waals surface area contributed by atoms with E-state index in [1.165, 1.54) is 4.31 Å². The molecule has 2 aliphatic rings. The molecule has 2 aromatic heterocycles. The molecule has 0 radical (unpaired) electrons. The number of fused-ring (bicyclic) bond motifs is 1. The third-order valence-electron chi connectivity index (χ3n) is 7.09. The fourth-order valence-corrected chi connectivity index (χ4v) is 6.49. The van der Waals surface area contributed by atoms with Crippen LogP contribution >= 0.6 is 11.6 Å². The molecule has 10 nitrogen and oxygen atoms in total. The van der Waals surface area contributed by atoms with Crippen molar-refractivity contribution < 1.29 is 28.1 Å². The van der Waals surface area contributed by atoms with E-state index >= 15 is 0 Å². The fourth-order valence-electron chi connectivity index (χ4n) is 4.72. The van der Waals surface area contributed by atoms with Crippen molar-refractivity contribution in [3.8, 4) is 28.4 Å². The number of aliphatic hydroxyl groups excluding tert-OH is 2. The monoisotopic (exact) mass is 570 g/mol. The van der Waals surface area contributed by atoms with E-state index in [4.69, 9.17) is 21.1 Å². The van der Waals surface area contributed by atoms with Crippen LogP contribution in [0.4, 0.5) is 0 Å². The molecule has 4 aromatic rings. The highest BCUT2D eigenvalue weighted by Crippen LogP contribution is 2.32. The number of pyridine rings is 1. The molecule has 0 saturated carbocycles. The number of imidazole rings is 1.